The van der Waals surface area contributed by atoms with Gasteiger partial charge in [-0.25, -0.2) is 8.37 Å². The van der Waals surface area contributed by atoms with Crippen molar-refractivity contribution in [1.29, 1.82) is 0 Å². The van der Waals surface area contributed by atoms with Crippen molar-refractivity contribution in [3.05, 3.63) is 12.7 Å². The first kappa shape index (κ1) is 22.4. The Hall–Kier alpha value is -0.680. The van der Waals surface area contributed by atoms with Gasteiger partial charge >= 0.3 is 20.8 Å². The zero-order valence-corrected chi connectivity index (χ0v) is 15.0. The van der Waals surface area contributed by atoms with E-state index in [9.17, 15) is 16.8 Å². The topological polar surface area (TPSA) is 164 Å². The number of rotatable bonds is 10. The number of hydrogen-bond donors (Lipinski definition) is 2. The molecular weight excluding hydrogens is 388 g/mol. The maximum atomic E-state index is 11.1. The van der Waals surface area contributed by atoms with Gasteiger partial charge < -0.3 is 18.9 Å². The Morgan fingerprint density at radius 1 is 1.04 bits per heavy atom. The molecule has 2 N–H and O–H groups in total. The van der Waals surface area contributed by atoms with Crippen molar-refractivity contribution in [2.24, 2.45) is 0 Å². The summed E-state index contributed by atoms with van der Waals surface area (Å²) in [4.78, 5) is 0. The average Bonchev–Trinajstić information content (AvgIpc) is 2.46. The van der Waals surface area contributed by atoms with Gasteiger partial charge in [0, 0.05) is 14.2 Å². The second-order valence-electron chi connectivity index (χ2n) is 4.80. The lowest BCUT2D eigenvalue weighted by Crippen LogP contribution is -2.62. The first-order valence-electron chi connectivity index (χ1n) is 6.73. The van der Waals surface area contributed by atoms with Gasteiger partial charge in [-0.1, -0.05) is 6.08 Å². The predicted molar refractivity (Wildman–Crippen MR) is 80.3 cm³/mol. The molecule has 0 spiro atoms. The summed E-state index contributed by atoms with van der Waals surface area (Å²) in [5.74, 6) is 0. The minimum atomic E-state index is -4.99. The lowest BCUT2D eigenvalue weighted by Gasteiger charge is -2.43. The average molecular weight is 408 g/mol. The van der Waals surface area contributed by atoms with Gasteiger partial charge in [0.05, 0.1) is 13.2 Å². The highest BCUT2D eigenvalue weighted by molar-refractivity contribution is 7.81. The number of methoxy groups -OCH3 is 2. The lowest BCUT2D eigenvalue weighted by atomic mass is 9.99. The zero-order chi connectivity index (χ0) is 19.3. The van der Waals surface area contributed by atoms with Crippen molar-refractivity contribution in [2.75, 3.05) is 27.4 Å². The van der Waals surface area contributed by atoms with Gasteiger partial charge in [-0.3, -0.25) is 9.11 Å². The third kappa shape index (κ3) is 7.22. The molecule has 0 aromatic carbocycles. The van der Waals surface area contributed by atoms with Crippen LogP contribution >= 0.6 is 0 Å². The van der Waals surface area contributed by atoms with Crippen molar-refractivity contribution >= 4 is 20.8 Å². The summed E-state index contributed by atoms with van der Waals surface area (Å²) in [6.07, 6.45) is -5.93. The fourth-order valence-corrected chi connectivity index (χ4v) is 3.23. The fourth-order valence-electron chi connectivity index (χ4n) is 2.24. The molecule has 14 heteroatoms. The Labute approximate surface area is 145 Å². The SMILES string of the molecule is C=CCO[C@@H]1[C@H](OS(=O)(=O)O)[C@@H](OC)O[C@H](COC)[C@H]1OS(=O)(=O)O. The number of hydrogen-bond acceptors (Lipinski definition) is 10. The van der Waals surface area contributed by atoms with E-state index in [4.69, 9.17) is 28.1 Å². The molecule has 148 valence electrons. The highest BCUT2D eigenvalue weighted by atomic mass is 32.3. The van der Waals surface area contributed by atoms with E-state index < -0.39 is 51.5 Å². The minimum Gasteiger partial charge on any atom is -0.382 e. The molecule has 0 aliphatic carbocycles. The summed E-state index contributed by atoms with van der Waals surface area (Å²) < 4.78 is 91.9. The van der Waals surface area contributed by atoms with Crippen molar-refractivity contribution in [3.8, 4) is 0 Å². The summed E-state index contributed by atoms with van der Waals surface area (Å²) in [7, 11) is -7.52. The molecule has 1 heterocycles. The highest BCUT2D eigenvalue weighted by Crippen LogP contribution is 2.30. The molecule has 1 saturated heterocycles. The quantitative estimate of drug-likeness (QED) is 0.333. The summed E-state index contributed by atoms with van der Waals surface area (Å²) in [6, 6.07) is 0. The van der Waals surface area contributed by atoms with Crippen molar-refractivity contribution in [1.82, 2.24) is 0 Å². The van der Waals surface area contributed by atoms with Crippen LogP contribution in [0.25, 0.3) is 0 Å². The molecule has 5 atom stereocenters. The van der Waals surface area contributed by atoms with Gasteiger partial charge in [0.2, 0.25) is 0 Å². The fraction of sp³-hybridized carbons (Fsp3) is 0.818. The van der Waals surface area contributed by atoms with E-state index in [1.165, 1.54) is 13.2 Å². The molecule has 1 fully saturated rings. The lowest BCUT2D eigenvalue weighted by molar-refractivity contribution is -0.291. The molecular formula is C11H20O12S2. The Morgan fingerprint density at radius 3 is 2.04 bits per heavy atom. The minimum absolute atomic E-state index is 0.169. The maximum Gasteiger partial charge on any atom is 0.397 e. The predicted octanol–water partition coefficient (Wildman–Crippen LogP) is -1.05. The van der Waals surface area contributed by atoms with Gasteiger partial charge in [-0.15, -0.1) is 6.58 Å². The van der Waals surface area contributed by atoms with Gasteiger partial charge in [-0.05, 0) is 0 Å². The highest BCUT2D eigenvalue weighted by Gasteiger charge is 2.51. The van der Waals surface area contributed by atoms with Crippen LogP contribution in [0.1, 0.15) is 0 Å². The van der Waals surface area contributed by atoms with Crippen molar-refractivity contribution in [3.63, 3.8) is 0 Å². The van der Waals surface area contributed by atoms with E-state index in [1.54, 1.807) is 0 Å². The van der Waals surface area contributed by atoms with Crippen molar-refractivity contribution < 1.29 is 53.3 Å². The Bertz CT molecular complexity index is 629. The molecule has 0 bridgehead atoms. The molecule has 25 heavy (non-hydrogen) atoms. The third-order valence-corrected chi connectivity index (χ3v) is 3.96. The molecule has 0 aromatic rings. The van der Waals surface area contributed by atoms with Gasteiger partial charge in [0.25, 0.3) is 0 Å². The molecule has 1 aliphatic heterocycles. The maximum absolute atomic E-state index is 11.1. The molecule has 0 amide bonds. The standard InChI is InChI=1S/C11H20O12S2/c1-4-5-20-9-8(22-24(12,13)14)7(6-18-2)21-11(19-3)10(9)23-25(15,16)17/h4,7-11H,1,5-6H2,2-3H3,(H,12,13,14)(H,15,16,17)/t7-,8-,9+,10+,11+/m1/s1. The van der Waals surface area contributed by atoms with Gasteiger partial charge in [-0.2, -0.15) is 16.8 Å². The smallest absolute Gasteiger partial charge is 0.382 e. The van der Waals surface area contributed by atoms with Crippen molar-refractivity contribution in [2.45, 2.75) is 30.7 Å². The van der Waals surface area contributed by atoms with E-state index in [-0.39, 0.29) is 13.2 Å². The Kier molecular flexibility index (Phi) is 8.33. The number of ether oxygens (including phenoxy) is 4. The molecule has 1 rings (SSSR count). The van der Waals surface area contributed by atoms with E-state index in [2.05, 4.69) is 14.9 Å². The van der Waals surface area contributed by atoms with E-state index in [0.717, 1.165) is 7.11 Å². The monoisotopic (exact) mass is 408 g/mol. The van der Waals surface area contributed by atoms with Crippen LogP contribution in [0.5, 0.6) is 0 Å². The van der Waals surface area contributed by atoms with Crippen LogP contribution in [-0.2, 0) is 48.1 Å². The summed E-state index contributed by atoms with van der Waals surface area (Å²) in [5.41, 5.74) is 0. The van der Waals surface area contributed by atoms with E-state index in [1.807, 2.05) is 0 Å². The normalized spacial score (nSPS) is 31.0. The molecule has 0 saturated carbocycles. The molecule has 12 nitrogen and oxygen atoms in total. The van der Waals surface area contributed by atoms with Crippen LogP contribution in [0.3, 0.4) is 0 Å². The van der Waals surface area contributed by atoms with Crippen LogP contribution in [0, 0.1) is 0 Å². The van der Waals surface area contributed by atoms with Gasteiger partial charge in [0.1, 0.15) is 18.3 Å². The van der Waals surface area contributed by atoms with Crippen LogP contribution in [-0.4, -0.2) is 84.1 Å². The van der Waals surface area contributed by atoms with Crippen LogP contribution in [0.4, 0.5) is 0 Å². The van der Waals surface area contributed by atoms with Gasteiger partial charge in [0.15, 0.2) is 12.4 Å². The Morgan fingerprint density at radius 2 is 1.60 bits per heavy atom. The zero-order valence-electron chi connectivity index (χ0n) is 13.4. The van der Waals surface area contributed by atoms with Crippen LogP contribution in [0.2, 0.25) is 0 Å². The Balaban J connectivity index is 3.28. The first-order valence-corrected chi connectivity index (χ1v) is 9.46. The molecule has 1 aliphatic rings. The third-order valence-electron chi connectivity index (χ3n) is 3.03. The van der Waals surface area contributed by atoms with Crippen LogP contribution in [0.15, 0.2) is 12.7 Å². The molecule has 0 aromatic heterocycles. The summed E-state index contributed by atoms with van der Waals surface area (Å²) in [6.45, 7) is 3.02. The van der Waals surface area contributed by atoms with E-state index >= 15 is 0 Å². The first-order chi connectivity index (χ1) is 11.5. The summed E-state index contributed by atoms with van der Waals surface area (Å²) in [5, 5.41) is 0. The largest absolute Gasteiger partial charge is 0.397 e. The second-order valence-corrected chi connectivity index (χ2v) is 6.89. The molecule has 0 unspecified atom stereocenters. The summed E-state index contributed by atoms with van der Waals surface area (Å²) >= 11 is 0. The van der Waals surface area contributed by atoms with E-state index in [0.29, 0.717) is 0 Å². The van der Waals surface area contributed by atoms with Crippen LogP contribution < -0.4 is 0 Å². The molecule has 0 radical (unpaired) electrons. The second kappa shape index (κ2) is 9.31.